The second-order valence-electron chi connectivity index (χ2n) is 5.92. The average Bonchev–Trinajstić information content (AvgIpc) is 2.91. The standard InChI is InChI=1S/C19H27BrN4O.HI/c1-5-25-14-16-9-7-6-8-15(16)11-22-19(21-2)24(4)13-18-10-17(20)12-23(18)3;/h6-10,12H,5,11,13-14H2,1-4H3,(H,21,22);1H. The Morgan fingerprint density at radius 1 is 1.31 bits per heavy atom. The van der Waals surface area contributed by atoms with E-state index in [0.717, 1.165) is 30.1 Å². The largest absolute Gasteiger partial charge is 0.377 e. The number of rotatable bonds is 7. The summed E-state index contributed by atoms with van der Waals surface area (Å²) < 4.78 is 8.77. The first-order valence-corrected chi connectivity index (χ1v) is 9.21. The summed E-state index contributed by atoms with van der Waals surface area (Å²) in [5, 5.41) is 3.45. The lowest BCUT2D eigenvalue weighted by molar-refractivity contribution is 0.133. The molecule has 1 heterocycles. The number of benzene rings is 1. The fraction of sp³-hybridized carbons (Fsp3) is 0.421. The molecule has 0 fully saturated rings. The first-order valence-electron chi connectivity index (χ1n) is 8.42. The summed E-state index contributed by atoms with van der Waals surface area (Å²) in [5.41, 5.74) is 3.66. The van der Waals surface area contributed by atoms with E-state index in [9.17, 15) is 0 Å². The van der Waals surface area contributed by atoms with E-state index in [4.69, 9.17) is 4.74 Å². The molecule has 0 atom stereocenters. The zero-order chi connectivity index (χ0) is 18.2. The lowest BCUT2D eigenvalue weighted by Crippen LogP contribution is -2.38. The van der Waals surface area contributed by atoms with Gasteiger partial charge in [0.15, 0.2) is 5.96 Å². The molecule has 0 amide bonds. The topological polar surface area (TPSA) is 41.8 Å². The molecular formula is C19H28BrIN4O. The van der Waals surface area contributed by atoms with Gasteiger partial charge in [-0.2, -0.15) is 0 Å². The molecule has 7 heteroatoms. The maximum Gasteiger partial charge on any atom is 0.194 e. The Bertz CT molecular complexity index is 717. The molecule has 2 aromatic rings. The molecule has 0 spiro atoms. The quantitative estimate of drug-likeness (QED) is 0.329. The molecule has 1 N–H and O–H groups in total. The number of halogens is 2. The number of aryl methyl sites for hydroxylation is 1. The maximum atomic E-state index is 5.56. The fourth-order valence-electron chi connectivity index (χ4n) is 2.68. The van der Waals surface area contributed by atoms with Crippen LogP contribution in [0.4, 0.5) is 0 Å². The van der Waals surface area contributed by atoms with E-state index in [0.29, 0.717) is 6.61 Å². The highest BCUT2D eigenvalue weighted by atomic mass is 127. The molecule has 0 bridgehead atoms. The average molecular weight is 535 g/mol. The van der Waals surface area contributed by atoms with Crippen LogP contribution in [0.2, 0.25) is 0 Å². The number of nitrogens with one attached hydrogen (secondary N) is 1. The van der Waals surface area contributed by atoms with Crippen LogP contribution >= 0.6 is 39.9 Å². The third-order valence-corrected chi connectivity index (χ3v) is 4.50. The Hall–Kier alpha value is -1.06. The van der Waals surface area contributed by atoms with Crippen LogP contribution in [0.3, 0.4) is 0 Å². The van der Waals surface area contributed by atoms with Crippen molar-refractivity contribution < 1.29 is 4.74 Å². The van der Waals surface area contributed by atoms with Crippen molar-refractivity contribution >= 4 is 45.9 Å². The Morgan fingerprint density at radius 2 is 2.00 bits per heavy atom. The smallest absolute Gasteiger partial charge is 0.194 e. The summed E-state index contributed by atoms with van der Waals surface area (Å²) >= 11 is 3.52. The first-order chi connectivity index (χ1) is 12.0. The maximum absolute atomic E-state index is 5.56. The molecule has 2 rings (SSSR count). The van der Waals surface area contributed by atoms with Gasteiger partial charge < -0.3 is 19.5 Å². The number of ether oxygens (including phenoxy) is 1. The number of aromatic nitrogens is 1. The summed E-state index contributed by atoms with van der Waals surface area (Å²) in [7, 11) is 5.91. The molecule has 0 aliphatic rings. The highest BCUT2D eigenvalue weighted by Gasteiger charge is 2.10. The van der Waals surface area contributed by atoms with Gasteiger partial charge in [-0.15, -0.1) is 24.0 Å². The van der Waals surface area contributed by atoms with Gasteiger partial charge in [0.2, 0.25) is 0 Å². The minimum atomic E-state index is 0. The Labute approximate surface area is 182 Å². The van der Waals surface area contributed by atoms with Crippen LogP contribution < -0.4 is 5.32 Å². The molecule has 26 heavy (non-hydrogen) atoms. The molecule has 0 aliphatic carbocycles. The lowest BCUT2D eigenvalue weighted by Gasteiger charge is -2.23. The van der Waals surface area contributed by atoms with Gasteiger partial charge in [0.1, 0.15) is 0 Å². The third-order valence-electron chi connectivity index (χ3n) is 4.06. The summed E-state index contributed by atoms with van der Waals surface area (Å²) in [5.74, 6) is 0.864. The van der Waals surface area contributed by atoms with E-state index in [1.807, 2.05) is 34.1 Å². The number of hydrogen-bond donors (Lipinski definition) is 1. The van der Waals surface area contributed by atoms with Gasteiger partial charge >= 0.3 is 0 Å². The SMILES string of the molecule is CCOCc1ccccc1CNC(=NC)N(C)Cc1cc(Br)cn1C.I. The number of nitrogens with zero attached hydrogens (tertiary/aromatic N) is 3. The van der Waals surface area contributed by atoms with Crippen LogP contribution in [-0.4, -0.2) is 36.1 Å². The Morgan fingerprint density at radius 3 is 2.58 bits per heavy atom. The van der Waals surface area contributed by atoms with E-state index in [1.54, 1.807) is 0 Å². The normalized spacial score (nSPS) is 11.2. The first kappa shape index (κ1) is 23.0. The zero-order valence-corrected chi connectivity index (χ0v) is 19.7. The molecular weight excluding hydrogens is 507 g/mol. The van der Waals surface area contributed by atoms with Gasteiger partial charge in [-0.05, 0) is 40.0 Å². The van der Waals surface area contributed by atoms with E-state index < -0.39 is 0 Å². The van der Waals surface area contributed by atoms with Crippen molar-refractivity contribution in [1.82, 2.24) is 14.8 Å². The van der Waals surface area contributed by atoms with Crippen LogP contribution in [0, 0.1) is 0 Å². The number of hydrogen-bond acceptors (Lipinski definition) is 2. The molecule has 0 saturated heterocycles. The van der Waals surface area contributed by atoms with Crippen molar-refractivity contribution in [3.8, 4) is 0 Å². The summed E-state index contributed by atoms with van der Waals surface area (Å²) in [6.45, 7) is 4.87. The van der Waals surface area contributed by atoms with Crippen molar-refractivity contribution in [3.63, 3.8) is 0 Å². The van der Waals surface area contributed by atoms with E-state index in [2.05, 4.69) is 66.2 Å². The summed E-state index contributed by atoms with van der Waals surface area (Å²) in [6, 6.07) is 10.5. The monoisotopic (exact) mass is 534 g/mol. The molecule has 0 aliphatic heterocycles. The van der Waals surface area contributed by atoms with Gasteiger partial charge in [-0.3, -0.25) is 4.99 Å². The van der Waals surface area contributed by atoms with Gasteiger partial charge in [-0.1, -0.05) is 24.3 Å². The predicted molar refractivity (Wildman–Crippen MR) is 122 cm³/mol. The molecule has 0 radical (unpaired) electrons. The van der Waals surface area contributed by atoms with Crippen molar-refractivity contribution in [2.24, 2.45) is 12.0 Å². The van der Waals surface area contributed by atoms with Crippen LogP contribution in [0.5, 0.6) is 0 Å². The Balaban J connectivity index is 0.00000338. The van der Waals surface area contributed by atoms with Gasteiger partial charge in [0.05, 0.1) is 13.2 Å². The van der Waals surface area contributed by atoms with Crippen LogP contribution in [0.25, 0.3) is 0 Å². The van der Waals surface area contributed by atoms with Crippen LogP contribution in [0.1, 0.15) is 23.7 Å². The van der Waals surface area contributed by atoms with Gasteiger partial charge in [0.25, 0.3) is 0 Å². The highest BCUT2D eigenvalue weighted by molar-refractivity contribution is 14.0. The van der Waals surface area contributed by atoms with Crippen molar-refractivity contribution in [2.45, 2.75) is 26.6 Å². The fourth-order valence-corrected chi connectivity index (χ4v) is 3.25. The van der Waals surface area contributed by atoms with E-state index in [1.165, 1.54) is 16.8 Å². The molecule has 1 aromatic carbocycles. The van der Waals surface area contributed by atoms with Crippen LogP contribution in [0.15, 0.2) is 46.0 Å². The summed E-state index contributed by atoms with van der Waals surface area (Å²) in [4.78, 5) is 6.52. The molecule has 144 valence electrons. The minimum absolute atomic E-state index is 0. The Kier molecular flexibility index (Phi) is 10.3. The van der Waals surface area contributed by atoms with Gasteiger partial charge in [0, 0.05) is 50.7 Å². The van der Waals surface area contributed by atoms with E-state index in [-0.39, 0.29) is 24.0 Å². The molecule has 5 nitrogen and oxygen atoms in total. The molecule has 0 saturated carbocycles. The second kappa shape index (κ2) is 11.6. The summed E-state index contributed by atoms with van der Waals surface area (Å²) in [6.07, 6.45) is 2.06. The zero-order valence-electron chi connectivity index (χ0n) is 15.8. The highest BCUT2D eigenvalue weighted by Crippen LogP contribution is 2.15. The van der Waals surface area contributed by atoms with Crippen LogP contribution in [-0.2, 0) is 31.5 Å². The molecule has 0 unspecified atom stereocenters. The minimum Gasteiger partial charge on any atom is -0.377 e. The number of aliphatic imine (C=N–C) groups is 1. The van der Waals surface area contributed by atoms with E-state index >= 15 is 0 Å². The third kappa shape index (κ3) is 6.59. The predicted octanol–water partition coefficient (Wildman–Crippen LogP) is 4.15. The number of guanidine groups is 1. The van der Waals surface area contributed by atoms with Crippen molar-refractivity contribution in [1.29, 1.82) is 0 Å². The second-order valence-corrected chi connectivity index (χ2v) is 6.84. The lowest BCUT2D eigenvalue weighted by atomic mass is 10.1. The van der Waals surface area contributed by atoms with Crippen molar-refractivity contribution in [3.05, 3.63) is 57.8 Å². The molecule has 1 aromatic heterocycles. The van der Waals surface area contributed by atoms with Crippen molar-refractivity contribution in [2.75, 3.05) is 20.7 Å². The van der Waals surface area contributed by atoms with Gasteiger partial charge in [-0.25, -0.2) is 0 Å².